The molecule has 0 unspecified atom stereocenters. The molecule has 0 spiro atoms. The summed E-state index contributed by atoms with van der Waals surface area (Å²) in [7, 11) is 0. The van der Waals surface area contributed by atoms with E-state index in [0.29, 0.717) is 47.7 Å². The van der Waals surface area contributed by atoms with Gasteiger partial charge in [0.1, 0.15) is 0 Å². The highest BCUT2D eigenvalue weighted by Crippen LogP contribution is 2.30. The summed E-state index contributed by atoms with van der Waals surface area (Å²) in [6, 6.07) is 22.7. The lowest BCUT2D eigenvalue weighted by molar-refractivity contribution is 0.0746. The molecule has 3 aromatic carbocycles. The second-order valence-corrected chi connectivity index (χ2v) is 8.56. The van der Waals surface area contributed by atoms with Crippen molar-refractivity contribution in [2.75, 3.05) is 31.1 Å². The van der Waals surface area contributed by atoms with Gasteiger partial charge >= 0.3 is 0 Å². The number of hydrogen-bond donors (Lipinski definition) is 0. The summed E-state index contributed by atoms with van der Waals surface area (Å²) in [5.74, 6) is 0.678. The summed E-state index contributed by atoms with van der Waals surface area (Å²) in [4.78, 5) is 26.5. The quantitative estimate of drug-likeness (QED) is 0.399. The van der Waals surface area contributed by atoms with E-state index in [0.717, 1.165) is 22.2 Å². The Bertz CT molecular complexity index is 1270. The summed E-state index contributed by atoms with van der Waals surface area (Å²) in [5.41, 5.74) is 3.36. The molecule has 1 aromatic heterocycles. The molecule has 0 N–H and O–H groups in total. The molecular weight excluding hydrogens is 443 g/mol. The van der Waals surface area contributed by atoms with E-state index >= 15 is 0 Å². The molecule has 5 nitrogen and oxygen atoms in total. The van der Waals surface area contributed by atoms with Crippen LogP contribution in [0.4, 0.5) is 5.95 Å². The Morgan fingerprint density at radius 3 is 2.19 bits per heavy atom. The number of halogens is 2. The highest BCUT2D eigenvalue weighted by molar-refractivity contribution is 6.31. The topological polar surface area (TPSA) is 49.3 Å². The Morgan fingerprint density at radius 1 is 0.781 bits per heavy atom. The first kappa shape index (κ1) is 20.7. The highest BCUT2D eigenvalue weighted by Gasteiger charge is 2.24. The van der Waals surface area contributed by atoms with Crippen molar-refractivity contribution < 1.29 is 4.79 Å². The summed E-state index contributed by atoms with van der Waals surface area (Å²) in [6.07, 6.45) is 0. The third-order valence-electron chi connectivity index (χ3n) is 5.63. The monoisotopic (exact) mass is 462 g/mol. The van der Waals surface area contributed by atoms with E-state index in [2.05, 4.69) is 4.90 Å². The van der Waals surface area contributed by atoms with Crippen LogP contribution in [0.2, 0.25) is 10.0 Å². The average Bonchev–Trinajstić information content (AvgIpc) is 2.84. The summed E-state index contributed by atoms with van der Waals surface area (Å²) >= 11 is 12.2. The third kappa shape index (κ3) is 4.14. The van der Waals surface area contributed by atoms with Crippen molar-refractivity contribution in [3.63, 3.8) is 0 Å². The number of anilines is 1. The molecule has 160 valence electrons. The van der Waals surface area contributed by atoms with Crippen molar-refractivity contribution in [3.05, 3.63) is 88.4 Å². The molecule has 1 fully saturated rings. The number of fused-ring (bicyclic) bond motifs is 1. The molecule has 1 saturated heterocycles. The van der Waals surface area contributed by atoms with Crippen molar-refractivity contribution in [2.45, 2.75) is 0 Å². The van der Waals surface area contributed by atoms with Crippen molar-refractivity contribution in [1.29, 1.82) is 0 Å². The van der Waals surface area contributed by atoms with Crippen molar-refractivity contribution in [1.82, 2.24) is 14.9 Å². The van der Waals surface area contributed by atoms with Crippen LogP contribution in [-0.4, -0.2) is 47.0 Å². The molecule has 5 rings (SSSR count). The number of benzene rings is 3. The number of amides is 1. The summed E-state index contributed by atoms with van der Waals surface area (Å²) in [6.45, 7) is 2.52. The molecule has 1 aliphatic rings. The number of aromatic nitrogens is 2. The Kier molecular flexibility index (Phi) is 5.68. The Balaban J connectivity index is 1.41. The molecule has 0 radical (unpaired) electrons. The molecule has 2 heterocycles. The maximum absolute atomic E-state index is 12.8. The number of piperazine rings is 1. The summed E-state index contributed by atoms with van der Waals surface area (Å²) in [5, 5.41) is 2.19. The van der Waals surface area contributed by atoms with Crippen LogP contribution >= 0.6 is 23.2 Å². The van der Waals surface area contributed by atoms with Crippen molar-refractivity contribution in [2.24, 2.45) is 0 Å². The van der Waals surface area contributed by atoms with Crippen LogP contribution in [0.3, 0.4) is 0 Å². The van der Waals surface area contributed by atoms with E-state index in [-0.39, 0.29) is 5.91 Å². The zero-order valence-corrected chi connectivity index (χ0v) is 18.7. The number of nitrogens with zero attached hydrogens (tertiary/aromatic N) is 4. The Labute approximate surface area is 196 Å². The zero-order chi connectivity index (χ0) is 22.1. The van der Waals surface area contributed by atoms with Crippen molar-refractivity contribution in [3.8, 4) is 11.3 Å². The van der Waals surface area contributed by atoms with Gasteiger partial charge in [-0.25, -0.2) is 9.97 Å². The van der Waals surface area contributed by atoms with Gasteiger partial charge in [-0.15, -0.1) is 0 Å². The van der Waals surface area contributed by atoms with Gasteiger partial charge in [0, 0.05) is 52.7 Å². The SMILES string of the molecule is O=C(c1ccc(Cl)cc1)N1CCN(c2nc(-c3ccccc3)c3cc(Cl)ccc3n2)CC1. The van der Waals surface area contributed by atoms with Gasteiger partial charge in [0.05, 0.1) is 11.2 Å². The predicted octanol–water partition coefficient (Wildman–Crippen LogP) is 5.57. The van der Waals surface area contributed by atoms with Crippen LogP contribution < -0.4 is 4.90 Å². The zero-order valence-electron chi connectivity index (χ0n) is 17.2. The van der Waals surface area contributed by atoms with Gasteiger partial charge in [0.25, 0.3) is 5.91 Å². The maximum Gasteiger partial charge on any atom is 0.253 e. The smallest absolute Gasteiger partial charge is 0.253 e. The minimum absolute atomic E-state index is 0.0142. The van der Waals surface area contributed by atoms with Crippen LogP contribution in [0.5, 0.6) is 0 Å². The fourth-order valence-corrected chi connectivity index (χ4v) is 4.23. The highest BCUT2D eigenvalue weighted by atomic mass is 35.5. The summed E-state index contributed by atoms with van der Waals surface area (Å²) < 4.78 is 0. The molecule has 0 atom stereocenters. The van der Waals surface area contributed by atoms with E-state index in [1.54, 1.807) is 24.3 Å². The standard InChI is InChI=1S/C25H20Cl2N4O/c26-19-8-6-18(7-9-19)24(32)30-12-14-31(15-13-30)25-28-22-11-10-20(27)16-21(22)23(29-25)17-4-2-1-3-5-17/h1-11,16H,12-15H2. The third-order valence-corrected chi connectivity index (χ3v) is 6.12. The first-order valence-corrected chi connectivity index (χ1v) is 11.2. The molecule has 1 amide bonds. The van der Waals surface area contributed by atoms with Gasteiger partial charge in [-0.1, -0.05) is 53.5 Å². The van der Waals surface area contributed by atoms with Gasteiger partial charge in [-0.2, -0.15) is 0 Å². The Hall–Kier alpha value is -3.15. The molecule has 4 aromatic rings. The largest absolute Gasteiger partial charge is 0.337 e. The first-order valence-electron chi connectivity index (χ1n) is 10.4. The molecule has 0 bridgehead atoms. The van der Waals surface area contributed by atoms with Crippen molar-refractivity contribution >= 4 is 46.0 Å². The van der Waals surface area contributed by atoms with E-state index < -0.39 is 0 Å². The molecule has 7 heteroatoms. The van der Waals surface area contributed by atoms with Gasteiger partial charge in [0.2, 0.25) is 5.95 Å². The number of carbonyl (C=O) groups excluding carboxylic acids is 1. The molecule has 0 saturated carbocycles. The van der Waals surface area contributed by atoms with Gasteiger partial charge < -0.3 is 9.80 Å². The van der Waals surface area contributed by atoms with E-state index in [1.165, 1.54) is 0 Å². The molecule has 1 aliphatic heterocycles. The van der Waals surface area contributed by atoms with Crippen LogP contribution in [0.15, 0.2) is 72.8 Å². The number of rotatable bonds is 3. The normalized spacial score (nSPS) is 14.1. The van der Waals surface area contributed by atoms with Gasteiger partial charge in [-0.3, -0.25) is 4.79 Å². The minimum atomic E-state index is 0.0142. The molecular formula is C25H20Cl2N4O. The predicted molar refractivity (Wildman–Crippen MR) is 130 cm³/mol. The van der Waals surface area contributed by atoms with Crippen LogP contribution in [0.1, 0.15) is 10.4 Å². The minimum Gasteiger partial charge on any atom is -0.337 e. The van der Waals surface area contributed by atoms with Gasteiger partial charge in [0.15, 0.2) is 0 Å². The second kappa shape index (κ2) is 8.77. The van der Waals surface area contributed by atoms with Gasteiger partial charge in [-0.05, 0) is 42.5 Å². The maximum atomic E-state index is 12.8. The average molecular weight is 463 g/mol. The van der Waals surface area contributed by atoms with E-state index in [4.69, 9.17) is 33.2 Å². The number of carbonyl (C=O) groups is 1. The molecule has 32 heavy (non-hydrogen) atoms. The van der Waals surface area contributed by atoms with Crippen LogP contribution in [0, 0.1) is 0 Å². The lowest BCUT2D eigenvalue weighted by Gasteiger charge is -2.35. The first-order chi connectivity index (χ1) is 15.6. The molecule has 0 aliphatic carbocycles. The second-order valence-electron chi connectivity index (χ2n) is 7.69. The van der Waals surface area contributed by atoms with Crippen LogP contribution in [-0.2, 0) is 0 Å². The van der Waals surface area contributed by atoms with E-state index in [1.807, 2.05) is 53.4 Å². The lowest BCUT2D eigenvalue weighted by atomic mass is 10.1. The van der Waals surface area contributed by atoms with Crippen LogP contribution in [0.25, 0.3) is 22.2 Å². The van der Waals surface area contributed by atoms with E-state index in [9.17, 15) is 4.79 Å². The fraction of sp³-hybridized carbons (Fsp3) is 0.160. The lowest BCUT2D eigenvalue weighted by Crippen LogP contribution is -2.49. The Morgan fingerprint density at radius 2 is 1.47 bits per heavy atom. The fourth-order valence-electron chi connectivity index (χ4n) is 3.93. The number of hydrogen-bond acceptors (Lipinski definition) is 4.